The fourth-order valence-electron chi connectivity index (χ4n) is 8.61. The minimum atomic E-state index is 0.288. The number of nitrogens with zero attached hydrogens (tertiary/aromatic N) is 1. The van der Waals surface area contributed by atoms with E-state index in [1.165, 1.54) is 87.0 Å². The second-order valence-corrected chi connectivity index (χ2v) is 15.3. The molecule has 0 saturated carbocycles. The van der Waals surface area contributed by atoms with Gasteiger partial charge < -0.3 is 4.90 Å². The van der Waals surface area contributed by atoms with Crippen LogP contribution in [0.5, 0.6) is 0 Å². The van der Waals surface area contributed by atoms with Crippen molar-refractivity contribution in [2.45, 2.75) is 38.0 Å². The fraction of sp³-hybridized carbons (Fsp3) is 0.120. The lowest BCUT2D eigenvalue weighted by atomic mass is 9.85. The summed E-state index contributed by atoms with van der Waals surface area (Å²) in [6.07, 6.45) is 12.3. The maximum Gasteiger partial charge on any atom is 0.0547 e. The standard InChI is InChI=1S/C50H39NS/c1-4-14-35(15-5-1)44(36-16-6-2-7-17-36)30-34-24-29-49-46(31-34)47-33-48(42-22-12-13-23-43(42)50(47)52-49)51(39-19-8-3-9-20-39)40-28-27-38-26-25-37-18-10-11-21-41(37)45(38)32-40/h1-2,4-8,10-24,27-29,31-33,44H,3,9,25-26,30H2. The monoisotopic (exact) mass is 685 g/mol. The molecule has 52 heavy (non-hydrogen) atoms. The van der Waals surface area contributed by atoms with E-state index in [4.69, 9.17) is 0 Å². The van der Waals surface area contributed by atoms with Gasteiger partial charge in [0.2, 0.25) is 0 Å². The molecule has 2 heteroatoms. The van der Waals surface area contributed by atoms with Crippen LogP contribution in [0.15, 0.2) is 176 Å². The predicted molar refractivity (Wildman–Crippen MR) is 223 cm³/mol. The Morgan fingerprint density at radius 1 is 0.558 bits per heavy atom. The van der Waals surface area contributed by atoms with E-state index in [0.717, 1.165) is 32.1 Å². The molecule has 2 aliphatic carbocycles. The van der Waals surface area contributed by atoms with Crippen LogP contribution in [0.4, 0.5) is 11.4 Å². The van der Waals surface area contributed by atoms with Gasteiger partial charge in [0.1, 0.15) is 0 Å². The highest BCUT2D eigenvalue weighted by Crippen LogP contribution is 2.47. The maximum absolute atomic E-state index is 2.53. The maximum atomic E-state index is 2.53. The summed E-state index contributed by atoms with van der Waals surface area (Å²) in [4.78, 5) is 2.53. The number of allylic oxidation sites excluding steroid dienone is 3. The first-order chi connectivity index (χ1) is 25.8. The molecule has 7 aromatic carbocycles. The predicted octanol–water partition coefficient (Wildman–Crippen LogP) is 13.7. The summed E-state index contributed by atoms with van der Waals surface area (Å²) in [5.74, 6) is 0.288. The molecule has 0 spiro atoms. The molecular formula is C50H39NS. The number of anilines is 2. The van der Waals surface area contributed by atoms with Crippen molar-refractivity contribution in [3.8, 4) is 11.1 Å². The Labute approximate surface area is 309 Å². The number of hydrogen-bond donors (Lipinski definition) is 0. The summed E-state index contributed by atoms with van der Waals surface area (Å²) in [7, 11) is 0. The van der Waals surface area contributed by atoms with Gasteiger partial charge in [0.05, 0.1) is 5.69 Å². The summed E-state index contributed by atoms with van der Waals surface area (Å²) in [6, 6.07) is 56.9. The Morgan fingerprint density at radius 3 is 2.04 bits per heavy atom. The molecule has 0 aliphatic heterocycles. The molecule has 0 atom stereocenters. The number of thiophene rings is 1. The van der Waals surface area contributed by atoms with Crippen LogP contribution in [0, 0.1) is 0 Å². The number of fused-ring (bicyclic) bond motifs is 8. The van der Waals surface area contributed by atoms with Gasteiger partial charge in [-0.15, -0.1) is 11.3 Å². The van der Waals surface area contributed by atoms with Crippen LogP contribution in [0.25, 0.3) is 42.1 Å². The summed E-state index contributed by atoms with van der Waals surface area (Å²) < 4.78 is 2.70. The molecule has 0 N–H and O–H groups in total. The average molecular weight is 686 g/mol. The van der Waals surface area contributed by atoms with E-state index >= 15 is 0 Å². The van der Waals surface area contributed by atoms with Crippen molar-refractivity contribution in [2.75, 3.05) is 4.90 Å². The molecule has 0 saturated heterocycles. The SMILES string of the molecule is C1=CC(N(c2ccc3c(c2)-c2ccccc2CC3)c2cc3c4cc(CC(c5ccccc5)c5ccccc5)ccc4sc3c3ccccc23)=CCC1. The third-order valence-electron chi connectivity index (χ3n) is 11.2. The van der Waals surface area contributed by atoms with Gasteiger partial charge in [0.15, 0.2) is 0 Å². The molecule has 0 radical (unpaired) electrons. The van der Waals surface area contributed by atoms with Crippen LogP contribution in [-0.4, -0.2) is 0 Å². The molecule has 2 aliphatic rings. The summed E-state index contributed by atoms with van der Waals surface area (Å²) >= 11 is 1.93. The molecule has 10 rings (SSSR count). The highest BCUT2D eigenvalue weighted by atomic mass is 32.1. The highest BCUT2D eigenvalue weighted by Gasteiger charge is 2.24. The van der Waals surface area contributed by atoms with Crippen molar-refractivity contribution in [3.05, 3.63) is 203 Å². The summed E-state index contributed by atoms with van der Waals surface area (Å²) in [6.45, 7) is 0. The van der Waals surface area contributed by atoms with E-state index < -0.39 is 0 Å². The molecule has 0 unspecified atom stereocenters. The lowest BCUT2D eigenvalue weighted by Gasteiger charge is -2.31. The van der Waals surface area contributed by atoms with E-state index in [1.54, 1.807) is 0 Å². The van der Waals surface area contributed by atoms with Crippen LogP contribution < -0.4 is 4.90 Å². The molecule has 0 fully saturated rings. The van der Waals surface area contributed by atoms with Crippen molar-refractivity contribution in [1.82, 2.24) is 0 Å². The van der Waals surface area contributed by atoms with Crippen molar-refractivity contribution < 1.29 is 0 Å². The van der Waals surface area contributed by atoms with Gasteiger partial charge in [-0.2, -0.15) is 0 Å². The molecule has 0 bridgehead atoms. The van der Waals surface area contributed by atoms with Crippen LogP contribution in [-0.2, 0) is 19.3 Å². The van der Waals surface area contributed by atoms with E-state index in [1.807, 2.05) is 11.3 Å². The lowest BCUT2D eigenvalue weighted by molar-refractivity contribution is 0.806. The third-order valence-corrected chi connectivity index (χ3v) is 12.4. The Hall–Kier alpha value is -5.70. The smallest absolute Gasteiger partial charge is 0.0547 e. The molecule has 1 nitrogen and oxygen atoms in total. The molecular weight excluding hydrogens is 647 g/mol. The largest absolute Gasteiger partial charge is 0.310 e. The Balaban J connectivity index is 1.16. The quantitative estimate of drug-likeness (QED) is 0.161. The topological polar surface area (TPSA) is 3.24 Å². The van der Waals surface area contributed by atoms with Crippen LogP contribution >= 0.6 is 11.3 Å². The first-order valence-corrected chi connectivity index (χ1v) is 19.4. The minimum absolute atomic E-state index is 0.288. The molecule has 8 aromatic rings. The minimum Gasteiger partial charge on any atom is -0.310 e. The van der Waals surface area contributed by atoms with E-state index in [2.05, 4.69) is 175 Å². The van der Waals surface area contributed by atoms with Crippen LogP contribution in [0.2, 0.25) is 0 Å². The molecule has 1 aromatic heterocycles. The third kappa shape index (κ3) is 5.46. The van der Waals surface area contributed by atoms with E-state index in [-0.39, 0.29) is 5.92 Å². The number of benzene rings is 7. The van der Waals surface area contributed by atoms with Crippen molar-refractivity contribution >= 4 is 53.7 Å². The second-order valence-electron chi connectivity index (χ2n) is 14.3. The first-order valence-electron chi connectivity index (χ1n) is 18.6. The Morgan fingerprint density at radius 2 is 1.27 bits per heavy atom. The van der Waals surface area contributed by atoms with Gasteiger partial charge in [-0.25, -0.2) is 0 Å². The summed E-state index contributed by atoms with van der Waals surface area (Å²) in [5.41, 5.74) is 13.4. The highest BCUT2D eigenvalue weighted by molar-refractivity contribution is 7.26. The average Bonchev–Trinajstić information content (AvgIpc) is 3.59. The van der Waals surface area contributed by atoms with Crippen molar-refractivity contribution in [1.29, 1.82) is 0 Å². The van der Waals surface area contributed by atoms with Crippen molar-refractivity contribution in [3.63, 3.8) is 0 Å². The van der Waals surface area contributed by atoms with Crippen LogP contribution in [0.1, 0.15) is 46.6 Å². The zero-order chi connectivity index (χ0) is 34.4. The molecule has 0 amide bonds. The molecule has 250 valence electrons. The lowest BCUT2D eigenvalue weighted by Crippen LogP contribution is -2.17. The normalized spacial score (nSPS) is 13.8. The molecule has 1 heterocycles. The fourth-order valence-corrected chi connectivity index (χ4v) is 9.81. The van der Waals surface area contributed by atoms with Gasteiger partial charge >= 0.3 is 0 Å². The van der Waals surface area contributed by atoms with E-state index in [0.29, 0.717) is 0 Å². The Kier molecular flexibility index (Phi) is 7.84. The zero-order valence-electron chi connectivity index (χ0n) is 29.1. The second kappa shape index (κ2) is 13.1. The first kappa shape index (κ1) is 31.1. The Bertz CT molecular complexity index is 2620. The zero-order valence-corrected chi connectivity index (χ0v) is 30.0. The number of aryl methyl sites for hydroxylation is 2. The number of hydrogen-bond acceptors (Lipinski definition) is 2. The van der Waals surface area contributed by atoms with Crippen LogP contribution in [0.3, 0.4) is 0 Å². The van der Waals surface area contributed by atoms with Gasteiger partial charge in [-0.1, -0.05) is 133 Å². The van der Waals surface area contributed by atoms with Crippen molar-refractivity contribution in [2.24, 2.45) is 0 Å². The van der Waals surface area contributed by atoms with Gasteiger partial charge in [-0.05, 0) is 107 Å². The number of rotatable bonds is 7. The van der Waals surface area contributed by atoms with Gasteiger partial charge in [0, 0.05) is 48.2 Å². The van der Waals surface area contributed by atoms with Gasteiger partial charge in [-0.3, -0.25) is 0 Å². The van der Waals surface area contributed by atoms with E-state index in [9.17, 15) is 0 Å². The van der Waals surface area contributed by atoms with Gasteiger partial charge in [0.25, 0.3) is 0 Å². The summed E-state index contributed by atoms with van der Waals surface area (Å²) in [5, 5.41) is 5.28.